The lowest BCUT2D eigenvalue weighted by Crippen LogP contribution is -2.68. The molecule has 6 heteroatoms. The summed E-state index contributed by atoms with van der Waals surface area (Å²) in [4.78, 5) is 26.0. The lowest BCUT2D eigenvalue weighted by Gasteiger charge is -2.55. The van der Waals surface area contributed by atoms with E-state index in [1.54, 1.807) is 11.8 Å². The second-order valence-corrected chi connectivity index (χ2v) is 7.22. The van der Waals surface area contributed by atoms with Gasteiger partial charge in [0.15, 0.2) is 0 Å². The summed E-state index contributed by atoms with van der Waals surface area (Å²) in [6.07, 6.45) is 0.360. The van der Waals surface area contributed by atoms with E-state index in [0.717, 1.165) is 16.7 Å². The van der Waals surface area contributed by atoms with Gasteiger partial charge in [-0.2, -0.15) is 0 Å². The van der Waals surface area contributed by atoms with Crippen LogP contribution in [0.25, 0.3) is 11.1 Å². The molecule has 2 amide bonds. The van der Waals surface area contributed by atoms with Gasteiger partial charge < -0.3 is 20.1 Å². The fourth-order valence-corrected chi connectivity index (χ4v) is 4.10. The molecule has 1 saturated heterocycles. The Hall–Kier alpha value is -2.70. The van der Waals surface area contributed by atoms with Crippen molar-refractivity contribution < 1.29 is 19.4 Å². The quantitative estimate of drug-likeness (QED) is 0.717. The zero-order chi connectivity index (χ0) is 20.8. The van der Waals surface area contributed by atoms with Crippen LogP contribution in [0, 0.1) is 0 Å². The Bertz CT molecular complexity index is 823. The molecule has 2 N–H and O–H groups in total. The molecule has 6 nitrogen and oxygen atoms in total. The van der Waals surface area contributed by atoms with Gasteiger partial charge in [-0.3, -0.25) is 9.59 Å². The summed E-state index contributed by atoms with van der Waals surface area (Å²) in [5.41, 5.74) is 3.30. The van der Waals surface area contributed by atoms with Crippen LogP contribution >= 0.6 is 0 Å². The van der Waals surface area contributed by atoms with Gasteiger partial charge in [-0.05, 0) is 16.7 Å². The lowest BCUT2D eigenvalue weighted by molar-refractivity contribution is -0.150. The second-order valence-electron chi connectivity index (χ2n) is 7.22. The Morgan fingerprint density at radius 1 is 1.03 bits per heavy atom. The van der Waals surface area contributed by atoms with Crippen molar-refractivity contribution in [3.63, 3.8) is 0 Å². The van der Waals surface area contributed by atoms with E-state index in [0.29, 0.717) is 13.0 Å². The maximum Gasteiger partial charge on any atom is 0.246 e. The number of hydrogen-bond donors (Lipinski definition) is 2. The molecule has 1 aliphatic heterocycles. The van der Waals surface area contributed by atoms with Crippen molar-refractivity contribution in [2.75, 3.05) is 26.9 Å². The van der Waals surface area contributed by atoms with Gasteiger partial charge in [0.1, 0.15) is 6.61 Å². The van der Waals surface area contributed by atoms with E-state index in [1.165, 1.54) is 7.11 Å². The highest BCUT2D eigenvalue weighted by molar-refractivity contribution is 5.79. The van der Waals surface area contributed by atoms with Gasteiger partial charge in [0, 0.05) is 26.0 Å². The molecule has 2 aromatic carbocycles. The Labute approximate surface area is 171 Å². The van der Waals surface area contributed by atoms with E-state index < -0.39 is 0 Å². The minimum atomic E-state index is -0.283. The van der Waals surface area contributed by atoms with E-state index in [2.05, 4.69) is 29.6 Å². The van der Waals surface area contributed by atoms with Gasteiger partial charge in [0.05, 0.1) is 18.7 Å². The van der Waals surface area contributed by atoms with Gasteiger partial charge in [-0.25, -0.2) is 0 Å². The van der Waals surface area contributed by atoms with Crippen molar-refractivity contribution in [1.82, 2.24) is 10.2 Å². The average molecular weight is 396 g/mol. The molecule has 0 bridgehead atoms. The number of amides is 2. The number of carbonyl (C=O) groups is 2. The number of rotatable bonds is 8. The molecule has 3 rings (SSSR count). The fourth-order valence-electron chi connectivity index (χ4n) is 4.10. The molecule has 3 atom stereocenters. The molecule has 0 aliphatic carbocycles. The van der Waals surface area contributed by atoms with E-state index in [4.69, 9.17) is 4.74 Å². The van der Waals surface area contributed by atoms with E-state index in [1.807, 2.05) is 30.3 Å². The number of aliphatic hydroxyl groups is 1. The zero-order valence-corrected chi connectivity index (χ0v) is 16.9. The summed E-state index contributed by atoms with van der Waals surface area (Å²) in [6.45, 7) is 2.00. The number of ether oxygens (including phenoxy) is 1. The molecule has 0 aromatic heterocycles. The van der Waals surface area contributed by atoms with Gasteiger partial charge in [-0.15, -0.1) is 0 Å². The molecule has 2 aromatic rings. The maximum atomic E-state index is 12.4. The smallest absolute Gasteiger partial charge is 0.246 e. The van der Waals surface area contributed by atoms with Crippen LogP contribution in [0.15, 0.2) is 54.6 Å². The predicted molar refractivity (Wildman–Crippen MR) is 111 cm³/mol. The molecule has 0 radical (unpaired) electrons. The summed E-state index contributed by atoms with van der Waals surface area (Å²) < 4.78 is 4.86. The largest absolute Gasteiger partial charge is 0.394 e. The van der Waals surface area contributed by atoms with Gasteiger partial charge in [-0.1, -0.05) is 61.5 Å². The molecule has 0 spiro atoms. The topological polar surface area (TPSA) is 78.9 Å². The first-order valence-corrected chi connectivity index (χ1v) is 9.93. The monoisotopic (exact) mass is 396 g/mol. The molecule has 0 saturated carbocycles. The number of likely N-dealkylation sites (tertiary alicyclic amines) is 1. The Morgan fingerprint density at radius 2 is 1.69 bits per heavy atom. The van der Waals surface area contributed by atoms with Crippen LogP contribution in [0.2, 0.25) is 0 Å². The van der Waals surface area contributed by atoms with Gasteiger partial charge in [0.25, 0.3) is 0 Å². The standard InChI is InChI=1S/C23H28N2O4/c1-3-22(28)25-19(13-24-21(27)15-29-2)23(20(25)14-26)18-11-9-17(10-12-18)16-7-5-4-6-8-16/h4-12,19-20,23,26H,3,13-15H2,1-2H3,(H,24,27)/t19-,20+,23-/m1/s1. The highest BCUT2D eigenvalue weighted by Crippen LogP contribution is 2.41. The molecule has 154 valence electrons. The highest BCUT2D eigenvalue weighted by atomic mass is 16.5. The van der Waals surface area contributed by atoms with E-state index in [-0.39, 0.29) is 43.0 Å². The van der Waals surface area contributed by atoms with Crippen LogP contribution < -0.4 is 5.32 Å². The van der Waals surface area contributed by atoms with Gasteiger partial charge >= 0.3 is 0 Å². The normalized spacial score (nSPS) is 20.8. The Morgan fingerprint density at radius 3 is 2.28 bits per heavy atom. The minimum Gasteiger partial charge on any atom is -0.394 e. The van der Waals surface area contributed by atoms with Crippen LogP contribution in [0.5, 0.6) is 0 Å². The van der Waals surface area contributed by atoms with Crippen LogP contribution in [0.3, 0.4) is 0 Å². The summed E-state index contributed by atoms with van der Waals surface area (Å²) in [5.74, 6) is -0.280. The predicted octanol–water partition coefficient (Wildman–Crippen LogP) is 2.18. The number of carbonyl (C=O) groups excluding carboxylic acids is 2. The zero-order valence-electron chi connectivity index (χ0n) is 16.9. The lowest BCUT2D eigenvalue weighted by atomic mass is 9.74. The third kappa shape index (κ3) is 4.49. The summed E-state index contributed by atoms with van der Waals surface area (Å²) in [5, 5.41) is 12.8. The average Bonchev–Trinajstić information content (AvgIpc) is 2.74. The summed E-state index contributed by atoms with van der Waals surface area (Å²) in [7, 11) is 1.47. The molecule has 29 heavy (non-hydrogen) atoms. The van der Waals surface area contributed by atoms with E-state index in [9.17, 15) is 14.7 Å². The first-order valence-electron chi connectivity index (χ1n) is 9.93. The Kier molecular flexibility index (Phi) is 7.01. The first kappa shape index (κ1) is 21.0. The first-order chi connectivity index (χ1) is 14.1. The highest BCUT2D eigenvalue weighted by Gasteiger charge is 2.50. The van der Waals surface area contributed by atoms with Crippen LogP contribution in [0.1, 0.15) is 24.8 Å². The van der Waals surface area contributed by atoms with Crippen LogP contribution in [-0.2, 0) is 14.3 Å². The third-order valence-electron chi connectivity index (χ3n) is 5.51. The van der Waals surface area contributed by atoms with Crippen molar-refractivity contribution >= 4 is 11.8 Å². The summed E-state index contributed by atoms with van der Waals surface area (Å²) >= 11 is 0. The minimum absolute atomic E-state index is 0.0195. The van der Waals surface area contributed by atoms with Crippen molar-refractivity contribution in [2.24, 2.45) is 0 Å². The van der Waals surface area contributed by atoms with Crippen molar-refractivity contribution in [3.8, 4) is 11.1 Å². The maximum absolute atomic E-state index is 12.4. The van der Waals surface area contributed by atoms with Crippen molar-refractivity contribution in [2.45, 2.75) is 31.3 Å². The SMILES string of the molecule is CCC(=O)N1[C@H](CNC(=O)COC)[C@@H](c2ccc(-c3ccccc3)cc2)[C@@H]1CO. The van der Waals surface area contributed by atoms with Crippen molar-refractivity contribution in [1.29, 1.82) is 0 Å². The second kappa shape index (κ2) is 9.67. The van der Waals surface area contributed by atoms with Crippen LogP contribution in [0.4, 0.5) is 0 Å². The molecule has 1 fully saturated rings. The van der Waals surface area contributed by atoms with Crippen molar-refractivity contribution in [3.05, 3.63) is 60.2 Å². The molecule has 0 unspecified atom stereocenters. The molecule has 1 heterocycles. The number of methoxy groups -OCH3 is 1. The molecule has 1 aliphatic rings. The number of hydrogen-bond acceptors (Lipinski definition) is 4. The van der Waals surface area contributed by atoms with E-state index >= 15 is 0 Å². The van der Waals surface area contributed by atoms with Crippen LogP contribution in [-0.4, -0.2) is 60.8 Å². The summed E-state index contributed by atoms with van der Waals surface area (Å²) in [6, 6.07) is 17.9. The number of aliphatic hydroxyl groups excluding tert-OH is 1. The number of nitrogens with zero attached hydrogens (tertiary/aromatic N) is 1. The fraction of sp³-hybridized carbons (Fsp3) is 0.391. The van der Waals surface area contributed by atoms with Gasteiger partial charge in [0.2, 0.25) is 11.8 Å². The number of nitrogens with one attached hydrogen (secondary N) is 1. The number of benzene rings is 2. The third-order valence-corrected chi connectivity index (χ3v) is 5.51. The molecular formula is C23H28N2O4. The Balaban J connectivity index is 1.81. The molecular weight excluding hydrogens is 368 g/mol.